The molecule has 0 fully saturated rings. The number of hydrogen-bond donors (Lipinski definition) is 3. The second-order valence-electron chi connectivity index (χ2n) is 6.19. The van der Waals surface area contributed by atoms with Crippen LogP contribution in [0.25, 0.3) is 0 Å². The van der Waals surface area contributed by atoms with E-state index in [1.54, 1.807) is 26.0 Å². The van der Waals surface area contributed by atoms with Crippen molar-refractivity contribution in [3.05, 3.63) is 28.7 Å². The molecule has 146 valence electrons. The van der Waals surface area contributed by atoms with E-state index >= 15 is 0 Å². The smallest absolute Gasteiger partial charge is 0.241 e. The monoisotopic (exact) mass is 447 g/mol. The first-order chi connectivity index (χ1) is 12.2. The molecule has 0 heterocycles. The number of rotatable bonds is 10. The molecular weight excluding hydrogens is 422 g/mol. The molecule has 26 heavy (non-hydrogen) atoms. The summed E-state index contributed by atoms with van der Waals surface area (Å²) in [5, 5.41) is 5.34. The number of carbonyl (C=O) groups excluding carboxylic acids is 2. The Labute approximate surface area is 163 Å². The van der Waals surface area contributed by atoms with Gasteiger partial charge in [-0.15, -0.1) is 0 Å². The molecule has 0 aliphatic rings. The standard InChI is InChI=1S/C17H26BrN3O4S/c1-4-10-19-15(22)9-11-20-17(23)16(12(2)3)21-26(24,25)14-7-5-13(18)6-8-14/h5-8,12,16,21H,4,9-11H2,1-3H3,(H,19,22)(H,20,23)/t16-/m0/s1. The molecule has 0 aromatic heterocycles. The van der Waals surface area contributed by atoms with Crippen LogP contribution in [0.2, 0.25) is 0 Å². The molecule has 0 unspecified atom stereocenters. The first kappa shape index (κ1) is 22.6. The molecule has 1 atom stereocenters. The van der Waals surface area contributed by atoms with Crippen LogP contribution in [0.3, 0.4) is 0 Å². The fourth-order valence-electron chi connectivity index (χ4n) is 2.10. The lowest BCUT2D eigenvalue weighted by Crippen LogP contribution is -2.50. The molecule has 1 rings (SSSR count). The van der Waals surface area contributed by atoms with E-state index in [0.717, 1.165) is 10.9 Å². The summed E-state index contributed by atoms with van der Waals surface area (Å²) in [6.45, 7) is 6.20. The Hall–Kier alpha value is -1.45. The third-order valence-corrected chi connectivity index (χ3v) is 5.56. The lowest BCUT2D eigenvalue weighted by atomic mass is 10.1. The molecule has 1 aromatic carbocycles. The van der Waals surface area contributed by atoms with Gasteiger partial charge in [-0.2, -0.15) is 4.72 Å². The first-order valence-corrected chi connectivity index (χ1v) is 10.8. The third kappa shape index (κ3) is 7.43. The summed E-state index contributed by atoms with van der Waals surface area (Å²) in [4.78, 5) is 24.0. The number of carbonyl (C=O) groups is 2. The number of amides is 2. The second-order valence-corrected chi connectivity index (χ2v) is 8.82. The molecule has 0 radical (unpaired) electrons. The first-order valence-electron chi connectivity index (χ1n) is 8.49. The summed E-state index contributed by atoms with van der Waals surface area (Å²) < 4.78 is 28.2. The highest BCUT2D eigenvalue weighted by Crippen LogP contribution is 2.16. The zero-order valence-electron chi connectivity index (χ0n) is 15.2. The average molecular weight is 448 g/mol. The van der Waals surface area contributed by atoms with Crippen molar-refractivity contribution >= 4 is 37.8 Å². The van der Waals surface area contributed by atoms with Crippen LogP contribution < -0.4 is 15.4 Å². The summed E-state index contributed by atoms with van der Waals surface area (Å²) in [7, 11) is -3.83. The predicted molar refractivity (Wildman–Crippen MR) is 104 cm³/mol. The van der Waals surface area contributed by atoms with E-state index in [-0.39, 0.29) is 29.7 Å². The molecule has 0 saturated heterocycles. The zero-order chi connectivity index (χ0) is 19.7. The minimum atomic E-state index is -3.83. The van der Waals surface area contributed by atoms with E-state index in [9.17, 15) is 18.0 Å². The number of halogens is 1. The highest BCUT2D eigenvalue weighted by atomic mass is 79.9. The number of hydrogen-bond acceptors (Lipinski definition) is 4. The van der Waals surface area contributed by atoms with Gasteiger partial charge in [-0.25, -0.2) is 8.42 Å². The molecule has 0 saturated carbocycles. The summed E-state index contributed by atoms with van der Waals surface area (Å²) in [6, 6.07) is 5.23. The maximum atomic E-state index is 12.5. The van der Waals surface area contributed by atoms with Crippen LogP contribution >= 0.6 is 15.9 Å². The van der Waals surface area contributed by atoms with Gasteiger partial charge in [-0.3, -0.25) is 9.59 Å². The lowest BCUT2D eigenvalue weighted by molar-refractivity contribution is -0.124. The fraction of sp³-hybridized carbons (Fsp3) is 0.529. The third-order valence-electron chi connectivity index (χ3n) is 3.58. The zero-order valence-corrected chi connectivity index (χ0v) is 17.6. The van der Waals surface area contributed by atoms with Gasteiger partial charge in [0.2, 0.25) is 21.8 Å². The van der Waals surface area contributed by atoms with Crippen LogP contribution in [0, 0.1) is 5.92 Å². The van der Waals surface area contributed by atoms with E-state index in [4.69, 9.17) is 0 Å². The molecule has 2 amide bonds. The van der Waals surface area contributed by atoms with Crippen molar-refractivity contribution in [3.8, 4) is 0 Å². The van der Waals surface area contributed by atoms with Crippen LogP contribution in [0.5, 0.6) is 0 Å². The van der Waals surface area contributed by atoms with E-state index in [0.29, 0.717) is 6.54 Å². The van der Waals surface area contributed by atoms with E-state index < -0.39 is 22.0 Å². The molecule has 0 aliphatic heterocycles. The quantitative estimate of drug-likeness (QED) is 0.508. The summed E-state index contributed by atoms with van der Waals surface area (Å²) in [6.07, 6.45) is 0.987. The van der Waals surface area contributed by atoms with Gasteiger partial charge < -0.3 is 10.6 Å². The lowest BCUT2D eigenvalue weighted by Gasteiger charge is -2.21. The average Bonchev–Trinajstić information content (AvgIpc) is 2.58. The SMILES string of the molecule is CCCNC(=O)CCNC(=O)[C@@H](NS(=O)(=O)c1ccc(Br)cc1)C(C)C. The van der Waals surface area contributed by atoms with Crippen LogP contribution in [-0.2, 0) is 19.6 Å². The number of nitrogens with one attached hydrogen (secondary N) is 3. The summed E-state index contributed by atoms with van der Waals surface area (Å²) >= 11 is 3.25. The fourth-order valence-corrected chi connectivity index (χ4v) is 3.71. The van der Waals surface area contributed by atoms with Gasteiger partial charge in [-0.1, -0.05) is 36.7 Å². The van der Waals surface area contributed by atoms with E-state index in [1.807, 2.05) is 6.92 Å². The van der Waals surface area contributed by atoms with Gasteiger partial charge >= 0.3 is 0 Å². The maximum absolute atomic E-state index is 12.5. The minimum Gasteiger partial charge on any atom is -0.356 e. The van der Waals surface area contributed by atoms with Gasteiger partial charge in [-0.05, 0) is 36.6 Å². The van der Waals surface area contributed by atoms with Gasteiger partial charge in [0.15, 0.2) is 0 Å². The van der Waals surface area contributed by atoms with Crippen molar-refractivity contribution in [1.82, 2.24) is 15.4 Å². The Morgan fingerprint density at radius 1 is 1.08 bits per heavy atom. The second kappa shape index (κ2) is 10.6. The van der Waals surface area contributed by atoms with Gasteiger partial charge in [0.25, 0.3) is 0 Å². The molecule has 9 heteroatoms. The van der Waals surface area contributed by atoms with Crippen molar-refractivity contribution < 1.29 is 18.0 Å². The molecular formula is C17H26BrN3O4S. The van der Waals surface area contributed by atoms with Crippen LogP contribution in [0.15, 0.2) is 33.6 Å². The molecule has 1 aromatic rings. The Morgan fingerprint density at radius 3 is 2.23 bits per heavy atom. The normalized spacial score (nSPS) is 12.7. The molecule has 0 bridgehead atoms. The van der Waals surface area contributed by atoms with Crippen molar-refractivity contribution in [1.29, 1.82) is 0 Å². The van der Waals surface area contributed by atoms with Gasteiger partial charge in [0.1, 0.15) is 6.04 Å². The minimum absolute atomic E-state index is 0.0816. The summed E-state index contributed by atoms with van der Waals surface area (Å²) in [5.74, 6) is -0.859. The van der Waals surface area contributed by atoms with Crippen LogP contribution in [-0.4, -0.2) is 39.4 Å². The topological polar surface area (TPSA) is 104 Å². The van der Waals surface area contributed by atoms with Crippen molar-refractivity contribution in [2.45, 2.75) is 44.6 Å². The molecule has 0 aliphatic carbocycles. The van der Waals surface area contributed by atoms with E-state index in [1.165, 1.54) is 12.1 Å². The predicted octanol–water partition coefficient (Wildman–Crippen LogP) is 1.78. The highest BCUT2D eigenvalue weighted by molar-refractivity contribution is 9.10. The van der Waals surface area contributed by atoms with Crippen molar-refractivity contribution in [2.75, 3.05) is 13.1 Å². The maximum Gasteiger partial charge on any atom is 0.241 e. The molecule has 7 nitrogen and oxygen atoms in total. The largest absolute Gasteiger partial charge is 0.356 e. The van der Waals surface area contributed by atoms with Gasteiger partial charge in [0.05, 0.1) is 4.90 Å². The number of sulfonamides is 1. The van der Waals surface area contributed by atoms with Gasteiger partial charge in [0, 0.05) is 24.0 Å². The van der Waals surface area contributed by atoms with E-state index in [2.05, 4.69) is 31.3 Å². The highest BCUT2D eigenvalue weighted by Gasteiger charge is 2.28. The Balaban J connectivity index is 2.68. The van der Waals surface area contributed by atoms with Crippen LogP contribution in [0.4, 0.5) is 0 Å². The van der Waals surface area contributed by atoms with Crippen molar-refractivity contribution in [3.63, 3.8) is 0 Å². The Morgan fingerprint density at radius 2 is 1.69 bits per heavy atom. The van der Waals surface area contributed by atoms with Crippen LogP contribution in [0.1, 0.15) is 33.6 Å². The molecule has 3 N–H and O–H groups in total. The van der Waals surface area contributed by atoms with Crippen molar-refractivity contribution in [2.24, 2.45) is 5.92 Å². The Kier molecular flexibility index (Phi) is 9.24. The summed E-state index contributed by atoms with van der Waals surface area (Å²) in [5.41, 5.74) is 0. The Bertz CT molecular complexity index is 705. The molecule has 0 spiro atoms. The number of benzene rings is 1.